The van der Waals surface area contributed by atoms with Crippen molar-refractivity contribution in [2.75, 3.05) is 39.3 Å². The molecule has 0 spiro atoms. The van der Waals surface area contributed by atoms with Crippen molar-refractivity contribution in [1.82, 2.24) is 4.90 Å². The van der Waals surface area contributed by atoms with E-state index in [-0.39, 0.29) is 33.2 Å². The summed E-state index contributed by atoms with van der Waals surface area (Å²) in [5.74, 6) is -0.160. The third kappa shape index (κ3) is 4.45. The number of carbonyl (C=O) groups excluding carboxylic acids is 1. The molecule has 0 saturated carbocycles. The summed E-state index contributed by atoms with van der Waals surface area (Å²) in [5, 5.41) is 20.9. The standard InChI is InChI=1S/C19H22N4O2.Pt/c20-8-10-22-12-11-21-9-3-13-23-18(24)15-6-1-4-14-5-2-7-16(17(14)15)19(23)25;/h1-2,4-7,20,24H,3,8-13H2;/q-4;+4. The van der Waals surface area contributed by atoms with Gasteiger partial charge >= 0.3 is 21.1 Å². The van der Waals surface area contributed by atoms with Crippen LogP contribution in [0.5, 0.6) is 0 Å². The van der Waals surface area contributed by atoms with Gasteiger partial charge in [0.2, 0.25) is 5.91 Å². The fourth-order valence-corrected chi connectivity index (χ4v) is 3.08. The first kappa shape index (κ1) is 20.9. The summed E-state index contributed by atoms with van der Waals surface area (Å²) in [5.41, 5.74) is 8.35. The Morgan fingerprint density at radius 3 is 2.46 bits per heavy atom. The molecule has 0 radical (unpaired) electrons. The molecule has 0 aliphatic carbocycles. The average molecular weight is 533 g/mol. The van der Waals surface area contributed by atoms with Crippen LogP contribution in [-0.2, 0) is 21.1 Å². The maximum absolute atomic E-state index is 12.7. The third-order valence-corrected chi connectivity index (χ3v) is 4.26. The van der Waals surface area contributed by atoms with Crippen LogP contribution in [-0.4, -0.2) is 55.2 Å². The van der Waals surface area contributed by atoms with Crippen LogP contribution in [0.1, 0.15) is 22.3 Å². The zero-order valence-electron chi connectivity index (χ0n) is 14.4. The summed E-state index contributed by atoms with van der Waals surface area (Å²) in [6.45, 7) is 3.23. The number of aliphatic hydroxyl groups excluding tert-OH is 1. The minimum atomic E-state index is -0.160. The fraction of sp³-hybridized carbons (Fsp3) is 0.368. The van der Waals surface area contributed by atoms with Gasteiger partial charge in [0.25, 0.3) is 0 Å². The van der Waals surface area contributed by atoms with E-state index in [0.717, 1.165) is 10.8 Å². The second-order valence-corrected chi connectivity index (χ2v) is 5.93. The van der Waals surface area contributed by atoms with Crippen molar-refractivity contribution in [3.05, 3.63) is 70.1 Å². The van der Waals surface area contributed by atoms with Crippen LogP contribution < -0.4 is 0 Å². The minimum Gasteiger partial charge on any atom is -0.679 e. The van der Waals surface area contributed by atoms with Crippen molar-refractivity contribution in [3.8, 4) is 0 Å². The summed E-state index contributed by atoms with van der Waals surface area (Å²) < 4.78 is 0. The zero-order valence-corrected chi connectivity index (χ0v) is 16.7. The molecule has 1 aliphatic heterocycles. The van der Waals surface area contributed by atoms with Gasteiger partial charge in [-0.25, -0.2) is 0 Å². The number of rotatable bonds is 9. The second kappa shape index (κ2) is 10.0. The predicted molar refractivity (Wildman–Crippen MR) is 99.3 cm³/mol. The van der Waals surface area contributed by atoms with Crippen LogP contribution in [0.3, 0.4) is 0 Å². The van der Waals surface area contributed by atoms with E-state index in [4.69, 9.17) is 5.73 Å². The molecule has 1 heterocycles. The van der Waals surface area contributed by atoms with E-state index >= 15 is 0 Å². The van der Waals surface area contributed by atoms with Gasteiger partial charge in [-0.2, -0.15) is 32.2 Å². The minimum absolute atomic E-state index is 0. The number of aliphatic hydroxyl groups is 1. The van der Waals surface area contributed by atoms with Gasteiger partial charge < -0.3 is 26.4 Å². The largest absolute Gasteiger partial charge is 4.00 e. The van der Waals surface area contributed by atoms with Crippen molar-refractivity contribution in [1.29, 1.82) is 0 Å². The van der Waals surface area contributed by atoms with E-state index in [1.165, 1.54) is 4.90 Å². The second-order valence-electron chi connectivity index (χ2n) is 5.93. The van der Waals surface area contributed by atoms with E-state index in [9.17, 15) is 9.90 Å². The number of nitrogens with zero attached hydrogens (tertiary/aromatic N) is 3. The number of hydrogen-bond donors (Lipinski definition) is 1. The predicted octanol–water partition coefficient (Wildman–Crippen LogP) is 3.69. The summed E-state index contributed by atoms with van der Waals surface area (Å²) in [6.07, 6.45) is 0.714. The van der Waals surface area contributed by atoms with Crippen molar-refractivity contribution in [2.24, 2.45) is 0 Å². The summed E-state index contributed by atoms with van der Waals surface area (Å²) in [4.78, 5) is 14.2. The first-order valence-corrected chi connectivity index (χ1v) is 8.55. The molecule has 7 heteroatoms. The van der Waals surface area contributed by atoms with E-state index in [2.05, 4.69) is 10.6 Å². The number of nitrogens with one attached hydrogen (secondary N) is 1. The Morgan fingerprint density at radius 1 is 1.04 bits per heavy atom. The third-order valence-electron chi connectivity index (χ3n) is 4.26. The molecule has 1 amide bonds. The van der Waals surface area contributed by atoms with Crippen molar-refractivity contribution >= 4 is 16.7 Å². The molecule has 2 aromatic carbocycles. The van der Waals surface area contributed by atoms with Gasteiger partial charge in [-0.05, 0) is 5.56 Å². The number of hydrogen-bond acceptors (Lipinski definition) is 2. The van der Waals surface area contributed by atoms with Gasteiger partial charge in [0.05, 0.1) is 0 Å². The van der Waals surface area contributed by atoms with Crippen LogP contribution in [0, 0.1) is 6.23 Å². The quantitative estimate of drug-likeness (QED) is 0.394. The van der Waals surface area contributed by atoms with Gasteiger partial charge in [-0.15, -0.1) is 23.6 Å². The Bertz CT molecular complexity index is 735. The Balaban J connectivity index is 0.00000243. The Morgan fingerprint density at radius 2 is 1.73 bits per heavy atom. The van der Waals surface area contributed by atoms with Crippen LogP contribution in [0.25, 0.3) is 27.1 Å². The summed E-state index contributed by atoms with van der Waals surface area (Å²) >= 11 is 0. The molecule has 1 aliphatic rings. The molecule has 2 aromatic rings. The molecule has 0 unspecified atom stereocenters. The van der Waals surface area contributed by atoms with Gasteiger partial charge in [-0.3, -0.25) is 4.79 Å². The maximum atomic E-state index is 12.7. The van der Waals surface area contributed by atoms with Crippen LogP contribution in [0.15, 0.2) is 36.4 Å². The number of carbonyl (C=O) groups is 1. The Kier molecular flexibility index (Phi) is 8.07. The zero-order chi connectivity index (χ0) is 17.6. The normalized spacial score (nSPS) is 13.2. The van der Waals surface area contributed by atoms with Gasteiger partial charge in [0.15, 0.2) is 0 Å². The smallest absolute Gasteiger partial charge is 0.679 e. The van der Waals surface area contributed by atoms with Gasteiger partial charge in [-0.1, -0.05) is 36.1 Å². The number of benzene rings is 2. The topological polar surface area (TPSA) is 92.5 Å². The maximum Gasteiger partial charge on any atom is 4.00 e. The first-order chi connectivity index (χ1) is 12.2. The summed E-state index contributed by atoms with van der Waals surface area (Å²) in [7, 11) is 0. The SMILES string of the molecule is [NH-]CC[N-]CC[N-]CCCN1C(=O)c2cccc3cccc(c23)[C-]1O.[Pt+4]. The fourth-order valence-electron chi connectivity index (χ4n) is 3.08. The van der Waals surface area contributed by atoms with Crippen molar-refractivity contribution < 1.29 is 31.0 Å². The molecule has 0 bridgehead atoms. The molecule has 6 nitrogen and oxygen atoms in total. The Labute approximate surface area is 168 Å². The molecule has 0 aromatic heterocycles. The van der Waals surface area contributed by atoms with E-state index < -0.39 is 0 Å². The van der Waals surface area contributed by atoms with Crippen LogP contribution >= 0.6 is 0 Å². The molecular weight excluding hydrogens is 511 g/mol. The van der Waals surface area contributed by atoms with Gasteiger partial charge in [0.1, 0.15) is 0 Å². The van der Waals surface area contributed by atoms with E-state index in [1.54, 1.807) is 0 Å². The summed E-state index contributed by atoms with van der Waals surface area (Å²) in [6, 6.07) is 11.3. The van der Waals surface area contributed by atoms with E-state index in [1.807, 2.05) is 36.4 Å². The molecule has 0 saturated heterocycles. The molecule has 0 fully saturated rings. The molecule has 3 rings (SSSR count). The van der Waals surface area contributed by atoms with E-state index in [0.29, 0.717) is 56.8 Å². The van der Waals surface area contributed by atoms with Crippen molar-refractivity contribution in [3.63, 3.8) is 0 Å². The average Bonchev–Trinajstić information content (AvgIpc) is 2.64. The van der Waals surface area contributed by atoms with Gasteiger partial charge in [0, 0.05) is 12.8 Å². The van der Waals surface area contributed by atoms with Crippen LogP contribution in [0.2, 0.25) is 0 Å². The number of amides is 1. The molecular formula is C19H22N4O2Pt. The molecule has 2 N–H and O–H groups in total. The first-order valence-electron chi connectivity index (χ1n) is 8.55. The van der Waals surface area contributed by atoms with Crippen LogP contribution in [0.4, 0.5) is 0 Å². The molecule has 140 valence electrons. The molecule has 0 atom stereocenters. The van der Waals surface area contributed by atoms with Crippen molar-refractivity contribution in [2.45, 2.75) is 6.42 Å². The Hall–Kier alpha value is -1.43. The monoisotopic (exact) mass is 533 g/mol. The molecule has 26 heavy (non-hydrogen) atoms.